The first-order valence-electron chi connectivity index (χ1n) is 7.17. The van der Waals surface area contributed by atoms with E-state index in [1.165, 1.54) is 4.90 Å². The Morgan fingerprint density at radius 2 is 1.70 bits per heavy atom. The maximum Gasteiger partial charge on any atom is 0.227 e. The summed E-state index contributed by atoms with van der Waals surface area (Å²) in [5.74, 6) is 1.39. The number of hydrogen-bond acceptors (Lipinski definition) is 5. The van der Waals surface area contributed by atoms with Crippen LogP contribution in [0.3, 0.4) is 0 Å². The van der Waals surface area contributed by atoms with Crippen LogP contribution in [0.5, 0.6) is 5.75 Å². The molecule has 1 N–H and O–H groups in total. The third-order valence-electron chi connectivity index (χ3n) is 3.39. The topological polar surface area (TPSA) is 47.0 Å². The lowest BCUT2D eigenvalue weighted by atomic mass is 10.1. The van der Waals surface area contributed by atoms with E-state index in [1.807, 2.05) is 30.3 Å². The van der Waals surface area contributed by atoms with Crippen molar-refractivity contribution in [2.45, 2.75) is 4.90 Å². The standard InChI is InChI=1S/C18H17N3OS/c1-22-15-7-5-14(6-8-15)20-18-19-12-11-17(21-18)13-3-9-16(23-2)10-4-13/h3-12H,1-2H3,(H,19,20,21). The van der Waals surface area contributed by atoms with E-state index in [4.69, 9.17) is 4.74 Å². The van der Waals surface area contributed by atoms with E-state index in [1.54, 1.807) is 25.1 Å². The zero-order valence-corrected chi connectivity index (χ0v) is 13.8. The minimum Gasteiger partial charge on any atom is -0.497 e. The maximum atomic E-state index is 5.15. The van der Waals surface area contributed by atoms with Crippen LogP contribution in [-0.2, 0) is 0 Å². The van der Waals surface area contributed by atoms with E-state index < -0.39 is 0 Å². The number of ether oxygens (including phenoxy) is 1. The lowest BCUT2D eigenvalue weighted by Gasteiger charge is -2.08. The summed E-state index contributed by atoms with van der Waals surface area (Å²) in [4.78, 5) is 10.1. The molecule has 0 fully saturated rings. The fourth-order valence-electron chi connectivity index (χ4n) is 2.14. The molecule has 5 heteroatoms. The van der Waals surface area contributed by atoms with Crippen molar-refractivity contribution in [3.8, 4) is 17.0 Å². The third-order valence-corrected chi connectivity index (χ3v) is 4.13. The van der Waals surface area contributed by atoms with Crippen molar-refractivity contribution >= 4 is 23.4 Å². The van der Waals surface area contributed by atoms with E-state index in [0.717, 1.165) is 22.7 Å². The lowest BCUT2D eigenvalue weighted by Crippen LogP contribution is -1.97. The molecule has 3 rings (SSSR count). The largest absolute Gasteiger partial charge is 0.497 e. The number of methoxy groups -OCH3 is 1. The lowest BCUT2D eigenvalue weighted by molar-refractivity contribution is 0.415. The fraction of sp³-hybridized carbons (Fsp3) is 0.111. The van der Waals surface area contributed by atoms with Crippen molar-refractivity contribution in [2.24, 2.45) is 0 Å². The van der Waals surface area contributed by atoms with Crippen molar-refractivity contribution in [1.82, 2.24) is 9.97 Å². The highest BCUT2D eigenvalue weighted by molar-refractivity contribution is 7.98. The van der Waals surface area contributed by atoms with Gasteiger partial charge in [-0.3, -0.25) is 0 Å². The molecule has 0 bridgehead atoms. The molecular weight excluding hydrogens is 306 g/mol. The van der Waals surface area contributed by atoms with Gasteiger partial charge in [-0.25, -0.2) is 9.97 Å². The van der Waals surface area contributed by atoms with Crippen LogP contribution in [0, 0.1) is 0 Å². The number of aromatic nitrogens is 2. The SMILES string of the molecule is COc1ccc(Nc2nccc(-c3ccc(SC)cc3)n2)cc1. The average Bonchev–Trinajstić information content (AvgIpc) is 2.63. The molecule has 1 heterocycles. The number of anilines is 2. The van der Waals surface area contributed by atoms with Gasteiger partial charge in [-0.05, 0) is 48.7 Å². The van der Waals surface area contributed by atoms with Gasteiger partial charge in [0.05, 0.1) is 12.8 Å². The highest BCUT2D eigenvalue weighted by Gasteiger charge is 2.03. The Morgan fingerprint density at radius 3 is 2.35 bits per heavy atom. The molecule has 23 heavy (non-hydrogen) atoms. The van der Waals surface area contributed by atoms with Gasteiger partial charge in [0.2, 0.25) is 5.95 Å². The van der Waals surface area contributed by atoms with Crippen LogP contribution >= 0.6 is 11.8 Å². The number of thioether (sulfide) groups is 1. The van der Waals surface area contributed by atoms with Gasteiger partial charge < -0.3 is 10.1 Å². The first-order chi connectivity index (χ1) is 11.3. The first kappa shape index (κ1) is 15.4. The van der Waals surface area contributed by atoms with Gasteiger partial charge >= 0.3 is 0 Å². The van der Waals surface area contributed by atoms with Crippen LogP contribution < -0.4 is 10.1 Å². The van der Waals surface area contributed by atoms with E-state index in [-0.39, 0.29) is 0 Å². The number of nitrogens with zero attached hydrogens (tertiary/aromatic N) is 2. The molecule has 0 aliphatic heterocycles. The minimum atomic E-state index is 0.571. The zero-order chi connectivity index (χ0) is 16.1. The van der Waals surface area contributed by atoms with Crippen LogP contribution in [0.15, 0.2) is 65.7 Å². The van der Waals surface area contributed by atoms with Crippen molar-refractivity contribution in [2.75, 3.05) is 18.7 Å². The molecule has 116 valence electrons. The summed E-state index contributed by atoms with van der Waals surface area (Å²) in [6.07, 6.45) is 3.83. The normalized spacial score (nSPS) is 10.3. The summed E-state index contributed by atoms with van der Waals surface area (Å²) in [6.45, 7) is 0. The second-order valence-corrected chi connectivity index (χ2v) is 5.73. The number of rotatable bonds is 5. The van der Waals surface area contributed by atoms with E-state index in [9.17, 15) is 0 Å². The van der Waals surface area contributed by atoms with Crippen molar-refractivity contribution in [3.63, 3.8) is 0 Å². The van der Waals surface area contributed by atoms with E-state index in [0.29, 0.717) is 5.95 Å². The van der Waals surface area contributed by atoms with Crippen LogP contribution in [-0.4, -0.2) is 23.3 Å². The molecule has 3 aromatic rings. The van der Waals surface area contributed by atoms with Gasteiger partial charge in [0.15, 0.2) is 0 Å². The molecule has 1 aromatic heterocycles. The van der Waals surface area contributed by atoms with Gasteiger partial charge in [-0.2, -0.15) is 0 Å². The average molecular weight is 323 g/mol. The predicted octanol–water partition coefficient (Wildman–Crippen LogP) is 4.62. The fourth-order valence-corrected chi connectivity index (χ4v) is 2.55. The molecule has 0 unspecified atom stereocenters. The molecule has 0 aliphatic rings. The van der Waals surface area contributed by atoms with Crippen LogP contribution in [0.25, 0.3) is 11.3 Å². The van der Waals surface area contributed by atoms with Gasteiger partial charge in [-0.1, -0.05) is 12.1 Å². The Bertz CT molecular complexity index is 773. The number of nitrogens with one attached hydrogen (secondary N) is 1. The van der Waals surface area contributed by atoms with Crippen molar-refractivity contribution in [3.05, 3.63) is 60.8 Å². The monoisotopic (exact) mass is 323 g/mol. The highest BCUT2D eigenvalue weighted by Crippen LogP contribution is 2.23. The molecule has 2 aromatic carbocycles. The molecule has 0 radical (unpaired) electrons. The summed E-state index contributed by atoms with van der Waals surface area (Å²) in [5.41, 5.74) is 2.88. The van der Waals surface area contributed by atoms with Gasteiger partial charge in [0, 0.05) is 22.3 Å². The van der Waals surface area contributed by atoms with Crippen molar-refractivity contribution in [1.29, 1.82) is 0 Å². The van der Waals surface area contributed by atoms with Gasteiger partial charge in [-0.15, -0.1) is 11.8 Å². The summed E-state index contributed by atoms with van der Waals surface area (Å²) in [5, 5.41) is 3.21. The Labute approximate surface area is 140 Å². The molecule has 4 nitrogen and oxygen atoms in total. The maximum absolute atomic E-state index is 5.15. The molecule has 0 saturated carbocycles. The molecule has 0 spiro atoms. The third kappa shape index (κ3) is 3.81. The quantitative estimate of drug-likeness (QED) is 0.694. The van der Waals surface area contributed by atoms with E-state index >= 15 is 0 Å². The number of hydrogen-bond donors (Lipinski definition) is 1. The molecule has 0 amide bonds. The second kappa shape index (κ2) is 7.15. The molecular formula is C18H17N3OS. The smallest absolute Gasteiger partial charge is 0.227 e. The molecule has 0 atom stereocenters. The highest BCUT2D eigenvalue weighted by atomic mass is 32.2. The van der Waals surface area contributed by atoms with Gasteiger partial charge in [0.1, 0.15) is 5.75 Å². The predicted molar refractivity (Wildman–Crippen MR) is 95.5 cm³/mol. The Hall–Kier alpha value is -2.53. The summed E-state index contributed by atoms with van der Waals surface area (Å²) in [7, 11) is 1.65. The van der Waals surface area contributed by atoms with Gasteiger partial charge in [0.25, 0.3) is 0 Å². The van der Waals surface area contributed by atoms with Crippen LogP contribution in [0.2, 0.25) is 0 Å². The molecule has 0 saturated heterocycles. The molecule has 0 aliphatic carbocycles. The second-order valence-electron chi connectivity index (χ2n) is 4.85. The Kier molecular flexibility index (Phi) is 4.78. The van der Waals surface area contributed by atoms with Crippen LogP contribution in [0.1, 0.15) is 0 Å². The minimum absolute atomic E-state index is 0.571. The Balaban J connectivity index is 1.80. The summed E-state index contributed by atoms with van der Waals surface area (Å²) < 4.78 is 5.15. The summed E-state index contributed by atoms with van der Waals surface area (Å²) in [6, 6.07) is 17.9. The van der Waals surface area contributed by atoms with Crippen molar-refractivity contribution < 1.29 is 4.74 Å². The van der Waals surface area contributed by atoms with E-state index in [2.05, 4.69) is 45.8 Å². The zero-order valence-electron chi connectivity index (χ0n) is 13.0. The van der Waals surface area contributed by atoms with Crippen LogP contribution in [0.4, 0.5) is 11.6 Å². The Morgan fingerprint density at radius 1 is 0.957 bits per heavy atom. The number of benzene rings is 2. The first-order valence-corrected chi connectivity index (χ1v) is 8.39. The summed E-state index contributed by atoms with van der Waals surface area (Å²) >= 11 is 1.73.